The molecule has 3 heteroatoms. The predicted molar refractivity (Wildman–Crippen MR) is 57.0 cm³/mol. The van der Waals surface area contributed by atoms with Gasteiger partial charge in [0.2, 0.25) is 0 Å². The number of aromatic amines is 1. The maximum atomic E-state index is 4.93. The van der Waals surface area contributed by atoms with Crippen LogP contribution >= 0.6 is 0 Å². The van der Waals surface area contributed by atoms with Gasteiger partial charge >= 0.3 is 0 Å². The van der Waals surface area contributed by atoms with Gasteiger partial charge < -0.3 is 9.72 Å². The van der Waals surface area contributed by atoms with Crippen LogP contribution in [0, 0.1) is 0 Å². The smallest absolute Gasteiger partial charge is 0.0931 e. The van der Waals surface area contributed by atoms with Crippen LogP contribution in [0.4, 0.5) is 0 Å². The van der Waals surface area contributed by atoms with Gasteiger partial charge in [0.05, 0.1) is 24.0 Å². The summed E-state index contributed by atoms with van der Waals surface area (Å²) < 4.78 is 4.93. The van der Waals surface area contributed by atoms with Gasteiger partial charge in [0.25, 0.3) is 0 Å². The summed E-state index contributed by atoms with van der Waals surface area (Å²) in [5, 5.41) is 0. The Hall–Kier alpha value is -1.61. The predicted octanol–water partition coefficient (Wildman–Crippen LogP) is 2.22. The first-order valence-corrected chi connectivity index (χ1v) is 4.49. The van der Waals surface area contributed by atoms with E-state index in [4.69, 9.17) is 4.74 Å². The molecule has 0 radical (unpaired) electrons. The summed E-state index contributed by atoms with van der Waals surface area (Å²) >= 11 is 0. The highest BCUT2D eigenvalue weighted by Gasteiger charge is 1.94. The first kappa shape index (κ1) is 8.97. The SMILES string of the molecule is COCC=Cc1ccc2nc[nH]c2c1. The highest BCUT2D eigenvalue weighted by Crippen LogP contribution is 2.12. The number of imidazole rings is 1. The van der Waals surface area contributed by atoms with Crippen molar-refractivity contribution in [1.29, 1.82) is 0 Å². The fraction of sp³-hybridized carbons (Fsp3) is 0.182. The molecule has 0 bridgehead atoms. The molecule has 72 valence electrons. The molecule has 0 fully saturated rings. The second-order valence-corrected chi connectivity index (χ2v) is 3.04. The normalized spacial score (nSPS) is 11.5. The zero-order valence-electron chi connectivity index (χ0n) is 8.03. The Bertz CT molecular complexity index is 445. The molecule has 0 unspecified atom stereocenters. The molecule has 1 aromatic heterocycles. The molecule has 0 aliphatic rings. The summed E-state index contributed by atoms with van der Waals surface area (Å²) in [7, 11) is 1.68. The third kappa shape index (κ3) is 1.83. The summed E-state index contributed by atoms with van der Waals surface area (Å²) in [6.45, 7) is 0.640. The molecule has 0 saturated carbocycles. The molecule has 0 spiro atoms. The molecule has 0 aliphatic heterocycles. The number of aromatic nitrogens is 2. The van der Waals surface area contributed by atoms with E-state index in [0.29, 0.717) is 6.61 Å². The highest BCUT2D eigenvalue weighted by molar-refractivity contribution is 5.77. The maximum Gasteiger partial charge on any atom is 0.0931 e. The lowest BCUT2D eigenvalue weighted by atomic mass is 10.2. The van der Waals surface area contributed by atoms with E-state index >= 15 is 0 Å². The Labute approximate surface area is 82.4 Å². The maximum absolute atomic E-state index is 4.93. The van der Waals surface area contributed by atoms with Crippen molar-refractivity contribution in [3.8, 4) is 0 Å². The van der Waals surface area contributed by atoms with Gasteiger partial charge in [0.1, 0.15) is 0 Å². The van der Waals surface area contributed by atoms with Crippen LogP contribution in [0.15, 0.2) is 30.6 Å². The molecule has 0 saturated heterocycles. The van der Waals surface area contributed by atoms with Crippen molar-refractivity contribution in [1.82, 2.24) is 9.97 Å². The molecule has 0 amide bonds. The van der Waals surface area contributed by atoms with Crippen molar-refractivity contribution >= 4 is 17.1 Å². The fourth-order valence-electron chi connectivity index (χ4n) is 1.34. The fourth-order valence-corrected chi connectivity index (χ4v) is 1.34. The number of nitrogens with one attached hydrogen (secondary N) is 1. The van der Waals surface area contributed by atoms with Crippen molar-refractivity contribution in [2.75, 3.05) is 13.7 Å². The number of rotatable bonds is 3. The third-order valence-electron chi connectivity index (χ3n) is 2.02. The van der Waals surface area contributed by atoms with Crippen molar-refractivity contribution in [3.63, 3.8) is 0 Å². The molecule has 2 aromatic rings. The number of hydrogen-bond acceptors (Lipinski definition) is 2. The van der Waals surface area contributed by atoms with Crippen LogP contribution in [0.2, 0.25) is 0 Å². The minimum atomic E-state index is 0.640. The average molecular weight is 188 g/mol. The van der Waals surface area contributed by atoms with E-state index in [1.54, 1.807) is 13.4 Å². The zero-order valence-corrected chi connectivity index (χ0v) is 8.03. The third-order valence-corrected chi connectivity index (χ3v) is 2.02. The summed E-state index contributed by atoms with van der Waals surface area (Å²) in [5.74, 6) is 0. The number of ether oxygens (including phenoxy) is 1. The molecule has 1 heterocycles. The zero-order chi connectivity index (χ0) is 9.80. The van der Waals surface area contributed by atoms with E-state index in [1.165, 1.54) is 0 Å². The summed E-state index contributed by atoms with van der Waals surface area (Å²) in [6.07, 6.45) is 5.72. The van der Waals surface area contributed by atoms with Gasteiger partial charge in [-0.05, 0) is 17.7 Å². The van der Waals surface area contributed by atoms with Crippen LogP contribution < -0.4 is 0 Å². The Morgan fingerprint density at radius 3 is 3.29 bits per heavy atom. The van der Waals surface area contributed by atoms with Gasteiger partial charge in [-0.25, -0.2) is 4.98 Å². The minimum Gasteiger partial charge on any atom is -0.381 e. The van der Waals surface area contributed by atoms with E-state index in [9.17, 15) is 0 Å². The Morgan fingerprint density at radius 2 is 2.43 bits per heavy atom. The Kier molecular flexibility index (Phi) is 2.60. The van der Waals surface area contributed by atoms with Crippen LogP contribution in [0.1, 0.15) is 5.56 Å². The van der Waals surface area contributed by atoms with E-state index in [1.807, 2.05) is 24.3 Å². The largest absolute Gasteiger partial charge is 0.381 e. The van der Waals surface area contributed by atoms with Gasteiger partial charge in [0, 0.05) is 7.11 Å². The van der Waals surface area contributed by atoms with Gasteiger partial charge in [-0.1, -0.05) is 18.2 Å². The Morgan fingerprint density at radius 1 is 1.50 bits per heavy atom. The molecule has 3 nitrogen and oxygen atoms in total. The molecule has 2 rings (SSSR count). The van der Waals surface area contributed by atoms with Crippen LogP contribution in [0.5, 0.6) is 0 Å². The molecule has 0 aliphatic carbocycles. The van der Waals surface area contributed by atoms with E-state index < -0.39 is 0 Å². The topological polar surface area (TPSA) is 37.9 Å². The highest BCUT2D eigenvalue weighted by atomic mass is 16.5. The molecule has 0 atom stereocenters. The van der Waals surface area contributed by atoms with Crippen LogP contribution in [0.25, 0.3) is 17.1 Å². The number of fused-ring (bicyclic) bond motifs is 1. The molecule has 1 aromatic carbocycles. The van der Waals surface area contributed by atoms with Crippen molar-refractivity contribution in [2.24, 2.45) is 0 Å². The van der Waals surface area contributed by atoms with Crippen molar-refractivity contribution < 1.29 is 4.74 Å². The van der Waals surface area contributed by atoms with Gasteiger partial charge in [-0.3, -0.25) is 0 Å². The van der Waals surface area contributed by atoms with Gasteiger partial charge in [-0.15, -0.1) is 0 Å². The van der Waals surface area contributed by atoms with Gasteiger partial charge in [0.15, 0.2) is 0 Å². The Balaban J connectivity index is 2.25. The molecular formula is C11H12N2O. The molecule has 1 N–H and O–H groups in total. The average Bonchev–Trinajstić information content (AvgIpc) is 2.65. The second-order valence-electron chi connectivity index (χ2n) is 3.04. The lowest BCUT2D eigenvalue weighted by Crippen LogP contribution is -1.80. The summed E-state index contributed by atoms with van der Waals surface area (Å²) in [4.78, 5) is 7.23. The monoisotopic (exact) mass is 188 g/mol. The number of methoxy groups -OCH3 is 1. The van der Waals surface area contributed by atoms with Crippen LogP contribution in [-0.2, 0) is 4.74 Å². The van der Waals surface area contributed by atoms with E-state index in [0.717, 1.165) is 16.6 Å². The number of benzene rings is 1. The first-order chi connectivity index (χ1) is 6.90. The standard InChI is InChI=1S/C11H12N2O/c1-14-6-2-3-9-4-5-10-11(7-9)13-8-12-10/h2-5,7-8H,6H2,1H3,(H,12,13). The van der Waals surface area contributed by atoms with Gasteiger partial charge in [-0.2, -0.15) is 0 Å². The number of nitrogens with zero attached hydrogens (tertiary/aromatic N) is 1. The quantitative estimate of drug-likeness (QED) is 0.802. The lowest BCUT2D eigenvalue weighted by Gasteiger charge is -1.93. The molecule has 14 heavy (non-hydrogen) atoms. The summed E-state index contributed by atoms with van der Waals surface area (Å²) in [5.41, 5.74) is 3.21. The minimum absolute atomic E-state index is 0.640. The number of hydrogen-bond donors (Lipinski definition) is 1. The van der Waals surface area contributed by atoms with Crippen molar-refractivity contribution in [3.05, 3.63) is 36.2 Å². The first-order valence-electron chi connectivity index (χ1n) is 4.49. The van der Waals surface area contributed by atoms with Crippen molar-refractivity contribution in [2.45, 2.75) is 0 Å². The van der Waals surface area contributed by atoms with E-state index in [2.05, 4.69) is 16.0 Å². The lowest BCUT2D eigenvalue weighted by molar-refractivity contribution is 0.234. The van der Waals surface area contributed by atoms with Crippen LogP contribution in [-0.4, -0.2) is 23.7 Å². The molecular weight excluding hydrogens is 176 g/mol. The van der Waals surface area contributed by atoms with E-state index in [-0.39, 0.29) is 0 Å². The number of H-pyrrole nitrogens is 1. The summed E-state index contributed by atoms with van der Waals surface area (Å²) in [6, 6.07) is 6.10. The van der Waals surface area contributed by atoms with Crippen LogP contribution in [0.3, 0.4) is 0 Å². The second kappa shape index (κ2) is 4.07.